The maximum Gasteiger partial charge on any atom is 0.234 e. The van der Waals surface area contributed by atoms with Crippen LogP contribution in [0.1, 0.15) is 25.8 Å². The molecule has 1 heterocycles. The van der Waals surface area contributed by atoms with Gasteiger partial charge in [0.25, 0.3) is 0 Å². The van der Waals surface area contributed by atoms with Crippen LogP contribution in [0.25, 0.3) is 0 Å². The molecule has 1 N–H and O–H groups in total. The molecule has 0 atom stereocenters. The second-order valence-electron chi connectivity index (χ2n) is 5.96. The molecule has 0 saturated carbocycles. The third kappa shape index (κ3) is 7.04. The first kappa shape index (κ1) is 18.3. The zero-order valence-corrected chi connectivity index (χ0v) is 15.0. The second-order valence-corrected chi connectivity index (χ2v) is 6.95. The Balaban J connectivity index is 1.74. The van der Waals surface area contributed by atoms with E-state index in [2.05, 4.69) is 24.1 Å². The van der Waals surface area contributed by atoms with E-state index in [1.807, 2.05) is 42.6 Å². The van der Waals surface area contributed by atoms with Crippen molar-refractivity contribution in [2.24, 2.45) is 5.92 Å². The molecule has 0 aliphatic heterocycles. The van der Waals surface area contributed by atoms with Gasteiger partial charge >= 0.3 is 0 Å². The van der Waals surface area contributed by atoms with Gasteiger partial charge in [-0.05, 0) is 36.1 Å². The highest BCUT2D eigenvalue weighted by Crippen LogP contribution is 2.19. The lowest BCUT2D eigenvalue weighted by atomic mass is 10.1. The number of amides is 1. The fourth-order valence-electron chi connectivity index (χ4n) is 2.02. The number of nitrogens with one attached hydrogen (secondary N) is 1. The summed E-state index contributed by atoms with van der Waals surface area (Å²) in [5, 5.41) is 2.91. The highest BCUT2D eigenvalue weighted by atomic mass is 32.2. The van der Waals surface area contributed by atoms with E-state index in [-0.39, 0.29) is 5.91 Å². The highest BCUT2D eigenvalue weighted by molar-refractivity contribution is 7.99. The molecule has 0 unspecified atom stereocenters. The summed E-state index contributed by atoms with van der Waals surface area (Å²) < 4.78 is 5.71. The van der Waals surface area contributed by atoms with Gasteiger partial charge in [0, 0.05) is 29.9 Å². The molecule has 128 valence electrons. The molecule has 1 aromatic carbocycles. The third-order valence-electron chi connectivity index (χ3n) is 3.31. The molecule has 0 spiro atoms. The lowest BCUT2D eigenvalue weighted by Gasteiger charge is -2.10. The van der Waals surface area contributed by atoms with E-state index in [9.17, 15) is 4.79 Å². The first-order valence-corrected chi connectivity index (χ1v) is 9.28. The van der Waals surface area contributed by atoms with E-state index in [0.29, 0.717) is 18.3 Å². The summed E-state index contributed by atoms with van der Waals surface area (Å²) in [6, 6.07) is 11.5. The Morgan fingerprint density at radius 2 is 2.17 bits per heavy atom. The number of carbonyl (C=O) groups is 1. The number of aromatic nitrogens is 1. The quantitative estimate of drug-likeness (QED) is 0.733. The topological polar surface area (TPSA) is 51.2 Å². The Kier molecular flexibility index (Phi) is 7.62. The maximum atomic E-state index is 12.0. The average Bonchev–Trinajstić information content (AvgIpc) is 2.56. The lowest BCUT2D eigenvalue weighted by Crippen LogP contribution is -2.14. The number of benzene rings is 1. The Bertz CT molecular complexity index is 632. The van der Waals surface area contributed by atoms with Crippen molar-refractivity contribution in [1.29, 1.82) is 0 Å². The van der Waals surface area contributed by atoms with Gasteiger partial charge in [0.05, 0.1) is 12.4 Å². The van der Waals surface area contributed by atoms with Gasteiger partial charge in [0.15, 0.2) is 0 Å². The van der Waals surface area contributed by atoms with Crippen LogP contribution in [0.2, 0.25) is 0 Å². The summed E-state index contributed by atoms with van der Waals surface area (Å²) in [7, 11) is 0. The monoisotopic (exact) mass is 344 g/mol. The van der Waals surface area contributed by atoms with Crippen molar-refractivity contribution in [3.63, 3.8) is 0 Å². The number of hydrogen-bond acceptors (Lipinski definition) is 4. The molecule has 0 bridgehead atoms. The zero-order chi connectivity index (χ0) is 17.2. The van der Waals surface area contributed by atoms with Crippen molar-refractivity contribution in [3.8, 4) is 5.75 Å². The number of anilines is 1. The minimum atomic E-state index is -0.0109. The van der Waals surface area contributed by atoms with Crippen molar-refractivity contribution in [3.05, 3.63) is 54.4 Å². The van der Waals surface area contributed by atoms with Crippen molar-refractivity contribution >= 4 is 23.4 Å². The number of thioether (sulfide) groups is 1. The molecule has 24 heavy (non-hydrogen) atoms. The summed E-state index contributed by atoms with van der Waals surface area (Å²) in [5.74, 6) is 2.58. The summed E-state index contributed by atoms with van der Waals surface area (Å²) in [6.45, 7) is 5.03. The standard InChI is InChI=1S/C19H24N2O2S/c1-15(2)8-10-23-18-7-3-6-17(11-18)21-19(22)14-24-13-16-5-4-9-20-12-16/h3-7,9,11-12,15H,8,10,13-14H2,1-2H3,(H,21,22). The van der Waals surface area contributed by atoms with Gasteiger partial charge in [-0.25, -0.2) is 0 Å². The van der Waals surface area contributed by atoms with E-state index in [0.717, 1.165) is 29.2 Å². The Morgan fingerprint density at radius 3 is 2.92 bits per heavy atom. The van der Waals surface area contributed by atoms with Gasteiger partial charge in [-0.3, -0.25) is 9.78 Å². The molecule has 0 fully saturated rings. The first-order valence-electron chi connectivity index (χ1n) is 8.13. The van der Waals surface area contributed by atoms with E-state index in [1.54, 1.807) is 18.0 Å². The van der Waals surface area contributed by atoms with Gasteiger partial charge in [-0.2, -0.15) is 0 Å². The zero-order valence-electron chi connectivity index (χ0n) is 14.2. The van der Waals surface area contributed by atoms with Crippen LogP contribution in [0.4, 0.5) is 5.69 Å². The molecule has 1 aromatic heterocycles. The number of rotatable bonds is 9. The molecule has 2 rings (SSSR count). The number of pyridine rings is 1. The first-order chi connectivity index (χ1) is 11.6. The molecule has 4 nitrogen and oxygen atoms in total. The fraction of sp³-hybridized carbons (Fsp3) is 0.368. The Labute approximate surface area is 148 Å². The van der Waals surface area contributed by atoms with Crippen molar-refractivity contribution in [2.75, 3.05) is 17.7 Å². The summed E-state index contributed by atoms with van der Waals surface area (Å²) in [4.78, 5) is 16.1. The van der Waals surface area contributed by atoms with Crippen LogP contribution in [0, 0.1) is 5.92 Å². The molecule has 0 radical (unpaired) electrons. The molecule has 1 amide bonds. The Hall–Kier alpha value is -2.01. The number of nitrogens with zero attached hydrogens (tertiary/aromatic N) is 1. The largest absolute Gasteiger partial charge is 0.494 e. The fourth-order valence-corrected chi connectivity index (χ4v) is 2.78. The normalized spacial score (nSPS) is 10.6. The van der Waals surface area contributed by atoms with Gasteiger partial charge in [0.2, 0.25) is 5.91 Å². The van der Waals surface area contributed by atoms with Gasteiger partial charge in [-0.1, -0.05) is 26.0 Å². The van der Waals surface area contributed by atoms with Crippen molar-refractivity contribution < 1.29 is 9.53 Å². The number of hydrogen-bond donors (Lipinski definition) is 1. The minimum absolute atomic E-state index is 0.0109. The number of carbonyl (C=O) groups excluding carboxylic acids is 1. The predicted octanol–water partition coefficient (Wildman–Crippen LogP) is 4.38. The summed E-state index contributed by atoms with van der Waals surface area (Å²) in [5.41, 5.74) is 1.89. The van der Waals surface area contributed by atoms with Crippen LogP contribution in [-0.2, 0) is 10.5 Å². The van der Waals surface area contributed by atoms with Crippen LogP contribution in [-0.4, -0.2) is 23.3 Å². The maximum absolute atomic E-state index is 12.0. The second kappa shape index (κ2) is 9.98. The third-order valence-corrected chi connectivity index (χ3v) is 4.31. The minimum Gasteiger partial charge on any atom is -0.494 e. The lowest BCUT2D eigenvalue weighted by molar-refractivity contribution is -0.113. The highest BCUT2D eigenvalue weighted by Gasteiger charge is 2.05. The van der Waals surface area contributed by atoms with Crippen LogP contribution >= 0.6 is 11.8 Å². The molecular weight excluding hydrogens is 320 g/mol. The SMILES string of the molecule is CC(C)CCOc1cccc(NC(=O)CSCc2cccnc2)c1. The van der Waals surface area contributed by atoms with Gasteiger partial charge in [0.1, 0.15) is 5.75 Å². The van der Waals surface area contributed by atoms with E-state index in [1.165, 1.54) is 0 Å². The van der Waals surface area contributed by atoms with Crippen molar-refractivity contribution in [1.82, 2.24) is 4.98 Å². The van der Waals surface area contributed by atoms with E-state index < -0.39 is 0 Å². The van der Waals surface area contributed by atoms with Crippen LogP contribution in [0.3, 0.4) is 0 Å². The van der Waals surface area contributed by atoms with Crippen molar-refractivity contribution in [2.45, 2.75) is 26.0 Å². The molecular formula is C19H24N2O2S. The van der Waals surface area contributed by atoms with Gasteiger partial charge in [-0.15, -0.1) is 11.8 Å². The van der Waals surface area contributed by atoms with Crippen LogP contribution in [0.5, 0.6) is 5.75 Å². The van der Waals surface area contributed by atoms with Crippen LogP contribution in [0.15, 0.2) is 48.8 Å². The molecule has 2 aromatic rings. The smallest absolute Gasteiger partial charge is 0.234 e. The summed E-state index contributed by atoms with van der Waals surface area (Å²) in [6.07, 6.45) is 4.58. The van der Waals surface area contributed by atoms with E-state index >= 15 is 0 Å². The molecule has 5 heteroatoms. The Morgan fingerprint density at radius 1 is 1.29 bits per heavy atom. The molecule has 0 aliphatic rings. The van der Waals surface area contributed by atoms with E-state index in [4.69, 9.17) is 4.74 Å². The van der Waals surface area contributed by atoms with Crippen LogP contribution < -0.4 is 10.1 Å². The summed E-state index contributed by atoms with van der Waals surface area (Å²) >= 11 is 1.57. The van der Waals surface area contributed by atoms with Gasteiger partial charge < -0.3 is 10.1 Å². The average molecular weight is 344 g/mol. The molecule has 0 aliphatic carbocycles. The molecule has 0 saturated heterocycles. The number of ether oxygens (including phenoxy) is 1. The predicted molar refractivity (Wildman–Crippen MR) is 100 cm³/mol.